The van der Waals surface area contributed by atoms with Crippen LogP contribution < -0.4 is 10.1 Å². The van der Waals surface area contributed by atoms with Gasteiger partial charge in [-0.25, -0.2) is 4.39 Å². The highest BCUT2D eigenvalue weighted by atomic mass is 35.5. The van der Waals surface area contributed by atoms with Crippen LogP contribution in [0.2, 0.25) is 5.02 Å². The Morgan fingerprint density at radius 3 is 2.57 bits per heavy atom. The topological polar surface area (TPSA) is 38.3 Å². The van der Waals surface area contributed by atoms with Crippen molar-refractivity contribution >= 4 is 17.5 Å². The first kappa shape index (κ1) is 17.3. The van der Waals surface area contributed by atoms with Gasteiger partial charge in [-0.15, -0.1) is 0 Å². The van der Waals surface area contributed by atoms with Gasteiger partial charge >= 0.3 is 0 Å². The van der Waals surface area contributed by atoms with Crippen molar-refractivity contribution in [2.75, 3.05) is 0 Å². The first-order valence-corrected chi connectivity index (χ1v) is 7.85. The van der Waals surface area contributed by atoms with Gasteiger partial charge in [0.2, 0.25) is 0 Å². The summed E-state index contributed by atoms with van der Waals surface area (Å²) in [5.74, 6) is 0.0289. The molecule has 5 heteroatoms. The number of carbonyl (C=O) groups is 1. The summed E-state index contributed by atoms with van der Waals surface area (Å²) in [6.07, 6.45) is -0.0922. The van der Waals surface area contributed by atoms with Crippen molar-refractivity contribution in [3.05, 3.63) is 64.9 Å². The van der Waals surface area contributed by atoms with E-state index in [4.69, 9.17) is 16.3 Å². The van der Waals surface area contributed by atoms with Gasteiger partial charge in [-0.2, -0.15) is 0 Å². The molecule has 2 rings (SSSR count). The molecule has 0 bridgehead atoms. The summed E-state index contributed by atoms with van der Waals surface area (Å²) >= 11 is 5.92. The van der Waals surface area contributed by atoms with Crippen LogP contribution in [0.3, 0.4) is 0 Å². The second kappa shape index (κ2) is 7.97. The Morgan fingerprint density at radius 2 is 1.96 bits per heavy atom. The molecular formula is C18H19ClFNO2. The van der Waals surface area contributed by atoms with E-state index in [2.05, 4.69) is 5.32 Å². The number of amides is 1. The molecule has 23 heavy (non-hydrogen) atoms. The van der Waals surface area contributed by atoms with Crippen molar-refractivity contribution in [1.29, 1.82) is 0 Å². The van der Waals surface area contributed by atoms with E-state index in [9.17, 15) is 9.18 Å². The molecule has 3 nitrogen and oxygen atoms in total. The van der Waals surface area contributed by atoms with E-state index in [0.717, 1.165) is 5.56 Å². The summed E-state index contributed by atoms with van der Waals surface area (Å²) in [4.78, 5) is 12.4. The molecule has 1 N–H and O–H groups in total. The highest BCUT2D eigenvalue weighted by Crippen LogP contribution is 2.20. The summed E-state index contributed by atoms with van der Waals surface area (Å²) in [6, 6.07) is 12.7. The third-order valence-corrected chi connectivity index (χ3v) is 3.70. The molecule has 2 atom stereocenters. The Labute approximate surface area is 140 Å². The monoisotopic (exact) mass is 335 g/mol. The van der Waals surface area contributed by atoms with E-state index in [1.54, 1.807) is 36.4 Å². The van der Waals surface area contributed by atoms with Gasteiger partial charge in [0.1, 0.15) is 11.6 Å². The maximum Gasteiger partial charge on any atom is 0.261 e. The van der Waals surface area contributed by atoms with Gasteiger partial charge < -0.3 is 10.1 Å². The molecule has 2 aromatic carbocycles. The number of halogens is 2. The van der Waals surface area contributed by atoms with Crippen LogP contribution in [-0.2, 0) is 4.79 Å². The zero-order valence-corrected chi connectivity index (χ0v) is 13.8. The van der Waals surface area contributed by atoms with Crippen LogP contribution in [0.5, 0.6) is 5.75 Å². The number of carbonyl (C=O) groups excluding carboxylic acids is 1. The highest BCUT2D eigenvalue weighted by molar-refractivity contribution is 6.30. The van der Waals surface area contributed by atoms with Crippen molar-refractivity contribution in [3.8, 4) is 5.75 Å². The summed E-state index contributed by atoms with van der Waals surface area (Å²) in [5.41, 5.74) is 0.831. The van der Waals surface area contributed by atoms with Gasteiger partial charge in [0, 0.05) is 5.02 Å². The lowest BCUT2D eigenvalue weighted by molar-refractivity contribution is -0.128. The van der Waals surface area contributed by atoms with Gasteiger partial charge in [0.25, 0.3) is 5.91 Å². The van der Waals surface area contributed by atoms with Gasteiger partial charge in [0.05, 0.1) is 6.04 Å². The predicted octanol–water partition coefficient (Wildman–Crippen LogP) is 4.51. The minimum absolute atomic E-state index is 0.218. The largest absolute Gasteiger partial charge is 0.481 e. The molecule has 0 aliphatic heterocycles. The Hall–Kier alpha value is -2.07. The quantitative estimate of drug-likeness (QED) is 0.843. The Bertz CT molecular complexity index is 660. The van der Waals surface area contributed by atoms with E-state index in [-0.39, 0.29) is 17.8 Å². The SMILES string of the molecule is CC[C@H](Oc1cccc(Cl)c1)C(=O)N[C@H](C)c1ccc(F)cc1. The average Bonchev–Trinajstić information content (AvgIpc) is 2.53. The number of nitrogens with one attached hydrogen (secondary N) is 1. The van der Waals surface area contributed by atoms with Crippen molar-refractivity contribution in [2.45, 2.75) is 32.4 Å². The summed E-state index contributed by atoms with van der Waals surface area (Å²) in [6.45, 7) is 3.72. The molecule has 0 aliphatic rings. The molecule has 122 valence electrons. The molecule has 0 saturated heterocycles. The molecule has 2 aromatic rings. The lowest BCUT2D eigenvalue weighted by atomic mass is 10.1. The zero-order chi connectivity index (χ0) is 16.8. The molecule has 0 unspecified atom stereocenters. The van der Waals surface area contributed by atoms with Crippen molar-refractivity contribution in [1.82, 2.24) is 5.32 Å². The fraction of sp³-hybridized carbons (Fsp3) is 0.278. The maximum absolute atomic E-state index is 13.0. The van der Waals surface area contributed by atoms with Gasteiger partial charge in [0.15, 0.2) is 6.10 Å². The molecule has 0 heterocycles. The van der Waals surface area contributed by atoms with Crippen molar-refractivity contribution in [2.24, 2.45) is 0 Å². The first-order chi connectivity index (χ1) is 11.0. The second-order valence-electron chi connectivity index (χ2n) is 5.25. The maximum atomic E-state index is 13.0. The van der Waals surface area contributed by atoms with E-state index >= 15 is 0 Å². The summed E-state index contributed by atoms with van der Waals surface area (Å²) in [5, 5.41) is 3.44. The molecule has 0 fully saturated rings. The standard InChI is InChI=1S/C18H19ClFNO2/c1-3-17(23-16-6-4-5-14(19)11-16)18(22)21-12(2)13-7-9-15(20)10-8-13/h4-12,17H,3H2,1-2H3,(H,21,22)/t12-,17+/m1/s1. The number of hydrogen-bond donors (Lipinski definition) is 1. The molecule has 0 aromatic heterocycles. The van der Waals surface area contributed by atoms with E-state index in [1.165, 1.54) is 12.1 Å². The van der Waals surface area contributed by atoms with Crippen LogP contribution >= 0.6 is 11.6 Å². The van der Waals surface area contributed by atoms with E-state index in [0.29, 0.717) is 17.2 Å². The molecule has 1 amide bonds. The fourth-order valence-electron chi connectivity index (χ4n) is 2.17. The van der Waals surface area contributed by atoms with Crippen molar-refractivity contribution in [3.63, 3.8) is 0 Å². The Balaban J connectivity index is 2.00. The fourth-order valence-corrected chi connectivity index (χ4v) is 2.35. The average molecular weight is 336 g/mol. The normalized spacial score (nSPS) is 13.2. The van der Waals surface area contributed by atoms with Crippen molar-refractivity contribution < 1.29 is 13.9 Å². The third kappa shape index (κ3) is 4.96. The van der Waals surface area contributed by atoms with E-state index in [1.807, 2.05) is 13.8 Å². The first-order valence-electron chi connectivity index (χ1n) is 7.47. The lowest BCUT2D eigenvalue weighted by Crippen LogP contribution is -2.39. The van der Waals surface area contributed by atoms with Crippen LogP contribution in [0.15, 0.2) is 48.5 Å². The third-order valence-electron chi connectivity index (χ3n) is 3.47. The molecule has 0 saturated carbocycles. The number of benzene rings is 2. The van der Waals surface area contributed by atoms with Crippen LogP contribution in [-0.4, -0.2) is 12.0 Å². The molecule has 0 spiro atoms. The van der Waals surface area contributed by atoms with E-state index < -0.39 is 6.10 Å². The molecule has 0 aliphatic carbocycles. The minimum atomic E-state index is -0.614. The summed E-state index contributed by atoms with van der Waals surface area (Å²) in [7, 11) is 0. The second-order valence-corrected chi connectivity index (χ2v) is 5.69. The zero-order valence-electron chi connectivity index (χ0n) is 13.1. The Morgan fingerprint density at radius 1 is 1.26 bits per heavy atom. The Kier molecular flexibility index (Phi) is 5.99. The van der Waals surface area contributed by atoms with Gasteiger partial charge in [-0.3, -0.25) is 4.79 Å². The lowest BCUT2D eigenvalue weighted by Gasteiger charge is -2.21. The van der Waals surface area contributed by atoms with Gasteiger partial charge in [-0.1, -0.05) is 36.7 Å². The number of rotatable bonds is 6. The van der Waals surface area contributed by atoms with Crippen LogP contribution in [0.25, 0.3) is 0 Å². The predicted molar refractivity (Wildman–Crippen MR) is 89.1 cm³/mol. The highest BCUT2D eigenvalue weighted by Gasteiger charge is 2.20. The van der Waals surface area contributed by atoms with Crippen LogP contribution in [0.1, 0.15) is 31.9 Å². The minimum Gasteiger partial charge on any atom is -0.481 e. The molecular weight excluding hydrogens is 317 g/mol. The number of ether oxygens (including phenoxy) is 1. The number of hydrogen-bond acceptors (Lipinski definition) is 2. The van der Waals surface area contributed by atoms with Crippen LogP contribution in [0, 0.1) is 5.82 Å². The molecule has 0 radical (unpaired) electrons. The van der Waals surface area contributed by atoms with Crippen LogP contribution in [0.4, 0.5) is 4.39 Å². The smallest absolute Gasteiger partial charge is 0.261 e. The van der Waals surface area contributed by atoms with Gasteiger partial charge in [-0.05, 0) is 49.2 Å². The summed E-state index contributed by atoms with van der Waals surface area (Å²) < 4.78 is 18.7.